The number of nitrogens with one attached hydrogen (secondary N) is 2. The topological polar surface area (TPSA) is 119 Å². The van der Waals surface area contributed by atoms with Crippen LogP contribution in [0.4, 0.5) is 9.52 Å². The molecule has 0 spiro atoms. The molecule has 3 aromatic heterocycles. The number of aromatic amines is 1. The molecule has 0 atom stereocenters. The van der Waals surface area contributed by atoms with Crippen LogP contribution in [0.25, 0.3) is 16.9 Å². The molecular formula is C18H13FN6O2S. The molecule has 0 radical (unpaired) electrons. The number of amides is 2. The Hall–Kier alpha value is -3.79. The molecule has 0 aliphatic rings. The third kappa shape index (κ3) is 3.53. The standard InChI is InChI=1S/C18H13FN6O2S/c19-11-1-3-12(4-2-11)25-6-5-13(24-25)17(27)23-18-22-15(9-28-18)10-7-14(16(20)26)21-8-10/h1-9,21H,(H2,20,26)(H,22,23,27). The molecule has 0 unspecified atom stereocenters. The number of nitrogens with two attached hydrogens (primary N) is 1. The summed E-state index contributed by atoms with van der Waals surface area (Å²) in [5.41, 5.74) is 7.61. The lowest BCUT2D eigenvalue weighted by molar-refractivity contribution is 0.0993. The van der Waals surface area contributed by atoms with Crippen molar-refractivity contribution in [2.45, 2.75) is 0 Å². The highest BCUT2D eigenvalue weighted by Crippen LogP contribution is 2.25. The van der Waals surface area contributed by atoms with Crippen LogP contribution in [-0.2, 0) is 0 Å². The fourth-order valence-corrected chi connectivity index (χ4v) is 3.21. The molecule has 2 amide bonds. The molecule has 0 fully saturated rings. The Labute approximate surface area is 161 Å². The van der Waals surface area contributed by atoms with Crippen LogP contribution in [-0.4, -0.2) is 31.6 Å². The number of carbonyl (C=O) groups is 2. The zero-order valence-electron chi connectivity index (χ0n) is 14.2. The van der Waals surface area contributed by atoms with Crippen molar-refractivity contribution in [1.82, 2.24) is 19.7 Å². The molecular weight excluding hydrogens is 383 g/mol. The Kier molecular flexibility index (Phi) is 4.45. The van der Waals surface area contributed by atoms with Gasteiger partial charge in [-0.05, 0) is 36.4 Å². The highest BCUT2D eigenvalue weighted by molar-refractivity contribution is 7.14. The maximum absolute atomic E-state index is 13.0. The van der Waals surface area contributed by atoms with Crippen LogP contribution in [0.15, 0.2) is 54.2 Å². The minimum atomic E-state index is -0.563. The minimum Gasteiger partial charge on any atom is -0.364 e. The van der Waals surface area contributed by atoms with E-state index in [4.69, 9.17) is 5.73 Å². The van der Waals surface area contributed by atoms with E-state index in [0.29, 0.717) is 22.1 Å². The first-order chi connectivity index (χ1) is 13.5. The van der Waals surface area contributed by atoms with Gasteiger partial charge in [0.05, 0.1) is 11.4 Å². The zero-order valence-corrected chi connectivity index (χ0v) is 15.0. The van der Waals surface area contributed by atoms with Gasteiger partial charge in [0, 0.05) is 23.3 Å². The maximum Gasteiger partial charge on any atom is 0.277 e. The van der Waals surface area contributed by atoms with Gasteiger partial charge in [-0.15, -0.1) is 11.3 Å². The summed E-state index contributed by atoms with van der Waals surface area (Å²) in [5, 5.41) is 9.02. The average Bonchev–Trinajstić information content (AvgIpc) is 3.42. The fraction of sp³-hybridized carbons (Fsp3) is 0. The van der Waals surface area contributed by atoms with Crippen molar-refractivity contribution in [3.63, 3.8) is 0 Å². The molecule has 8 nitrogen and oxygen atoms in total. The van der Waals surface area contributed by atoms with E-state index in [1.165, 1.54) is 28.2 Å². The number of primary amides is 1. The van der Waals surface area contributed by atoms with E-state index in [0.717, 1.165) is 0 Å². The molecule has 4 N–H and O–H groups in total. The Morgan fingerprint density at radius 3 is 2.71 bits per heavy atom. The van der Waals surface area contributed by atoms with Gasteiger partial charge in [-0.3, -0.25) is 14.9 Å². The minimum absolute atomic E-state index is 0.193. The van der Waals surface area contributed by atoms with Crippen molar-refractivity contribution in [1.29, 1.82) is 0 Å². The second-order valence-electron chi connectivity index (χ2n) is 5.78. The summed E-state index contributed by atoms with van der Waals surface area (Å²) < 4.78 is 14.5. The van der Waals surface area contributed by atoms with Crippen molar-refractivity contribution in [2.75, 3.05) is 5.32 Å². The molecule has 10 heteroatoms. The predicted octanol–water partition coefficient (Wildman–Crippen LogP) is 2.81. The van der Waals surface area contributed by atoms with Crippen LogP contribution in [0.1, 0.15) is 21.0 Å². The number of anilines is 1. The van der Waals surface area contributed by atoms with E-state index >= 15 is 0 Å². The molecule has 28 heavy (non-hydrogen) atoms. The molecule has 3 heterocycles. The highest BCUT2D eigenvalue weighted by Gasteiger charge is 2.14. The van der Waals surface area contributed by atoms with Gasteiger partial charge >= 0.3 is 0 Å². The third-order valence-electron chi connectivity index (χ3n) is 3.88. The maximum atomic E-state index is 13.0. The number of carbonyl (C=O) groups excluding carboxylic acids is 2. The molecule has 0 aliphatic carbocycles. The number of hydrogen-bond donors (Lipinski definition) is 3. The number of H-pyrrole nitrogens is 1. The Morgan fingerprint density at radius 2 is 2.00 bits per heavy atom. The normalized spacial score (nSPS) is 10.8. The van der Waals surface area contributed by atoms with E-state index in [1.807, 2.05) is 0 Å². The lowest BCUT2D eigenvalue weighted by atomic mass is 10.2. The highest BCUT2D eigenvalue weighted by atomic mass is 32.1. The van der Waals surface area contributed by atoms with Crippen LogP contribution < -0.4 is 11.1 Å². The number of hydrogen-bond acceptors (Lipinski definition) is 5. The van der Waals surface area contributed by atoms with Crippen LogP contribution in [0, 0.1) is 5.82 Å². The molecule has 0 saturated carbocycles. The summed E-state index contributed by atoms with van der Waals surface area (Å²) in [7, 11) is 0. The number of benzene rings is 1. The number of halogens is 1. The first kappa shape index (κ1) is 17.6. The summed E-state index contributed by atoms with van der Waals surface area (Å²) in [6, 6.07) is 8.91. The number of nitrogens with zero attached hydrogens (tertiary/aromatic N) is 3. The van der Waals surface area contributed by atoms with Gasteiger partial charge in [0.1, 0.15) is 11.5 Å². The Morgan fingerprint density at radius 1 is 1.21 bits per heavy atom. The molecule has 4 rings (SSSR count). The molecule has 4 aromatic rings. The Bertz CT molecular complexity index is 1160. The first-order valence-electron chi connectivity index (χ1n) is 8.07. The summed E-state index contributed by atoms with van der Waals surface area (Å²) >= 11 is 1.24. The molecule has 140 valence electrons. The van der Waals surface area contributed by atoms with Crippen LogP contribution in [0.3, 0.4) is 0 Å². The summed E-state index contributed by atoms with van der Waals surface area (Å²) in [5.74, 6) is -1.33. The van der Waals surface area contributed by atoms with Crippen LogP contribution >= 0.6 is 11.3 Å². The summed E-state index contributed by atoms with van der Waals surface area (Å²) in [6.45, 7) is 0. The monoisotopic (exact) mass is 396 g/mol. The van der Waals surface area contributed by atoms with E-state index in [-0.39, 0.29) is 17.2 Å². The van der Waals surface area contributed by atoms with Crippen LogP contribution in [0.2, 0.25) is 0 Å². The molecule has 0 saturated heterocycles. The van der Waals surface area contributed by atoms with Crippen molar-refractivity contribution >= 4 is 28.3 Å². The van der Waals surface area contributed by atoms with E-state index in [1.54, 1.807) is 42.0 Å². The van der Waals surface area contributed by atoms with Gasteiger partial charge in [0.2, 0.25) is 0 Å². The number of rotatable bonds is 5. The smallest absolute Gasteiger partial charge is 0.277 e. The second kappa shape index (κ2) is 7.08. The van der Waals surface area contributed by atoms with Gasteiger partial charge in [0.15, 0.2) is 10.8 Å². The Balaban J connectivity index is 1.47. The van der Waals surface area contributed by atoms with Gasteiger partial charge < -0.3 is 10.7 Å². The average molecular weight is 396 g/mol. The summed E-state index contributed by atoms with van der Waals surface area (Å²) in [4.78, 5) is 30.7. The van der Waals surface area contributed by atoms with Gasteiger partial charge in [-0.1, -0.05) is 0 Å². The van der Waals surface area contributed by atoms with Gasteiger partial charge in [0.25, 0.3) is 11.8 Å². The predicted molar refractivity (Wildman–Crippen MR) is 102 cm³/mol. The quantitative estimate of drug-likeness (QED) is 0.481. The lowest BCUT2D eigenvalue weighted by Gasteiger charge is -2.01. The van der Waals surface area contributed by atoms with E-state index in [9.17, 15) is 14.0 Å². The van der Waals surface area contributed by atoms with E-state index < -0.39 is 11.8 Å². The molecule has 0 aliphatic heterocycles. The molecule has 1 aromatic carbocycles. The van der Waals surface area contributed by atoms with Gasteiger partial charge in [-0.25, -0.2) is 14.1 Å². The number of thiazole rings is 1. The van der Waals surface area contributed by atoms with Gasteiger partial charge in [-0.2, -0.15) is 5.10 Å². The van der Waals surface area contributed by atoms with Crippen molar-refractivity contribution in [3.8, 4) is 16.9 Å². The summed E-state index contributed by atoms with van der Waals surface area (Å²) in [6.07, 6.45) is 3.23. The molecule has 0 bridgehead atoms. The van der Waals surface area contributed by atoms with Crippen molar-refractivity contribution in [3.05, 3.63) is 71.4 Å². The SMILES string of the molecule is NC(=O)c1cc(-c2csc(NC(=O)c3ccn(-c4ccc(F)cc4)n3)n2)c[nH]1. The first-order valence-corrected chi connectivity index (χ1v) is 8.94. The lowest BCUT2D eigenvalue weighted by Crippen LogP contribution is -2.13. The van der Waals surface area contributed by atoms with E-state index in [2.05, 4.69) is 20.4 Å². The second-order valence-corrected chi connectivity index (χ2v) is 6.64. The third-order valence-corrected chi connectivity index (χ3v) is 4.64. The number of aromatic nitrogens is 4. The zero-order chi connectivity index (χ0) is 19.7. The fourth-order valence-electron chi connectivity index (χ4n) is 2.49. The van der Waals surface area contributed by atoms with Crippen molar-refractivity contribution < 1.29 is 14.0 Å². The largest absolute Gasteiger partial charge is 0.364 e. The van der Waals surface area contributed by atoms with Crippen molar-refractivity contribution in [2.24, 2.45) is 5.73 Å². The van der Waals surface area contributed by atoms with Crippen LogP contribution in [0.5, 0.6) is 0 Å².